The summed E-state index contributed by atoms with van der Waals surface area (Å²) >= 11 is 0. The Morgan fingerprint density at radius 1 is 1.16 bits per heavy atom. The van der Waals surface area contributed by atoms with Crippen molar-refractivity contribution in [2.45, 2.75) is 31.8 Å². The summed E-state index contributed by atoms with van der Waals surface area (Å²) in [5, 5.41) is 15.9. The molecule has 1 fully saturated rings. The van der Waals surface area contributed by atoms with Gasteiger partial charge in [-0.25, -0.2) is 9.59 Å². The minimum Gasteiger partial charge on any atom is -0.390 e. The molecular weight excluding hydrogens is 412 g/mol. The highest BCUT2D eigenvalue weighted by atomic mass is 16.5. The van der Waals surface area contributed by atoms with Crippen molar-refractivity contribution in [2.24, 2.45) is 0 Å². The van der Waals surface area contributed by atoms with Crippen molar-refractivity contribution in [1.82, 2.24) is 14.9 Å². The molecule has 1 aliphatic rings. The fraction of sp³-hybridized carbons (Fsp3) is 0.261. The maximum absolute atomic E-state index is 12.5. The molecule has 1 aromatic heterocycles. The highest BCUT2D eigenvalue weighted by Crippen LogP contribution is 2.28. The summed E-state index contributed by atoms with van der Waals surface area (Å²) in [6.45, 7) is 1.63. The molecule has 0 aliphatic carbocycles. The third kappa shape index (κ3) is 4.63. The van der Waals surface area contributed by atoms with Crippen LogP contribution in [0.3, 0.4) is 0 Å². The largest absolute Gasteiger partial charge is 0.390 e. The molecule has 0 spiro atoms. The molecule has 0 bridgehead atoms. The molecule has 0 radical (unpaired) electrons. The number of aliphatic hydroxyl groups is 1. The van der Waals surface area contributed by atoms with Crippen LogP contribution in [0, 0.1) is 6.92 Å². The van der Waals surface area contributed by atoms with Crippen molar-refractivity contribution < 1.29 is 14.6 Å². The molecule has 4 rings (SSSR count). The van der Waals surface area contributed by atoms with Crippen molar-refractivity contribution in [1.29, 1.82) is 0 Å². The maximum atomic E-state index is 12.5. The van der Waals surface area contributed by atoms with E-state index in [1.807, 2.05) is 54.6 Å². The van der Waals surface area contributed by atoms with Gasteiger partial charge in [0.1, 0.15) is 12.3 Å². The lowest BCUT2D eigenvalue weighted by molar-refractivity contribution is -0.0178. The number of nitrogens with zero attached hydrogens (tertiary/aromatic N) is 1. The van der Waals surface area contributed by atoms with E-state index in [2.05, 4.69) is 15.6 Å². The van der Waals surface area contributed by atoms with Crippen LogP contribution in [0.4, 0.5) is 10.5 Å². The van der Waals surface area contributed by atoms with E-state index in [1.165, 1.54) is 10.8 Å². The molecule has 2 aromatic carbocycles. The third-order valence-corrected chi connectivity index (χ3v) is 5.38. The number of aryl methyl sites for hydroxylation is 1. The van der Waals surface area contributed by atoms with Gasteiger partial charge < -0.3 is 20.5 Å². The Balaban J connectivity index is 1.39. The number of para-hydroxylation sites is 1. The number of hydrogen-bond acceptors (Lipinski definition) is 5. The molecule has 3 aromatic rings. The predicted molar refractivity (Wildman–Crippen MR) is 119 cm³/mol. The molecule has 0 saturated carbocycles. The van der Waals surface area contributed by atoms with Gasteiger partial charge in [0.05, 0.1) is 11.8 Å². The molecule has 9 nitrogen and oxygen atoms in total. The first kappa shape index (κ1) is 21.5. The normalized spacial score (nSPS) is 20.1. The lowest BCUT2D eigenvalue weighted by Gasteiger charge is -2.17. The van der Waals surface area contributed by atoms with E-state index in [9.17, 15) is 19.5 Å². The van der Waals surface area contributed by atoms with E-state index in [1.54, 1.807) is 6.92 Å². The molecule has 4 N–H and O–H groups in total. The number of aromatic amines is 1. The molecule has 166 valence electrons. The Hall–Kier alpha value is -3.69. The number of carbonyl (C=O) groups excluding carboxylic acids is 1. The standard InChI is InChI=1S/C23H24N4O5/c1-14-13-27(23(31)26-21(14)29)20-11-18(28)19(32-20)12-24-22(30)25-17-10-6-5-9-16(17)15-7-3-2-4-8-15/h2-10,13,18-20,28H,11-12H2,1H3,(H2,24,25,30)(H,26,29,31)/t18-,19+,20+/m0/s1. The Morgan fingerprint density at radius 2 is 1.88 bits per heavy atom. The first-order valence-electron chi connectivity index (χ1n) is 10.3. The van der Waals surface area contributed by atoms with Gasteiger partial charge in [0.2, 0.25) is 0 Å². The van der Waals surface area contributed by atoms with Crippen molar-refractivity contribution in [3.63, 3.8) is 0 Å². The lowest BCUT2D eigenvalue weighted by atomic mass is 10.0. The van der Waals surface area contributed by atoms with Crippen LogP contribution in [0.2, 0.25) is 0 Å². The van der Waals surface area contributed by atoms with Gasteiger partial charge in [0.25, 0.3) is 5.56 Å². The van der Waals surface area contributed by atoms with Gasteiger partial charge in [-0.15, -0.1) is 0 Å². The molecule has 2 amide bonds. The number of ether oxygens (including phenoxy) is 1. The first-order valence-corrected chi connectivity index (χ1v) is 10.3. The van der Waals surface area contributed by atoms with E-state index < -0.39 is 35.7 Å². The second kappa shape index (κ2) is 9.21. The zero-order valence-corrected chi connectivity index (χ0v) is 17.4. The second-order valence-corrected chi connectivity index (χ2v) is 7.66. The van der Waals surface area contributed by atoms with Gasteiger partial charge in [0, 0.05) is 30.3 Å². The van der Waals surface area contributed by atoms with Crippen LogP contribution < -0.4 is 21.9 Å². The van der Waals surface area contributed by atoms with Gasteiger partial charge >= 0.3 is 11.7 Å². The Morgan fingerprint density at radius 3 is 2.66 bits per heavy atom. The van der Waals surface area contributed by atoms with Crippen molar-refractivity contribution in [2.75, 3.05) is 11.9 Å². The molecule has 1 saturated heterocycles. The van der Waals surface area contributed by atoms with Crippen LogP contribution in [0.5, 0.6) is 0 Å². The van der Waals surface area contributed by atoms with E-state index in [0.717, 1.165) is 11.1 Å². The van der Waals surface area contributed by atoms with Crippen LogP contribution in [0.15, 0.2) is 70.4 Å². The molecule has 0 unspecified atom stereocenters. The first-order chi connectivity index (χ1) is 15.4. The summed E-state index contributed by atoms with van der Waals surface area (Å²) in [6.07, 6.45) is -0.746. The van der Waals surface area contributed by atoms with Crippen LogP contribution in [-0.2, 0) is 4.74 Å². The van der Waals surface area contributed by atoms with E-state index in [4.69, 9.17) is 4.74 Å². The monoisotopic (exact) mass is 436 g/mol. The number of carbonyl (C=O) groups is 1. The minimum atomic E-state index is -0.879. The third-order valence-electron chi connectivity index (χ3n) is 5.38. The fourth-order valence-corrected chi connectivity index (χ4v) is 3.69. The Kier molecular flexibility index (Phi) is 6.20. The van der Waals surface area contributed by atoms with E-state index >= 15 is 0 Å². The van der Waals surface area contributed by atoms with Gasteiger partial charge in [-0.1, -0.05) is 48.5 Å². The molecule has 2 heterocycles. The summed E-state index contributed by atoms with van der Waals surface area (Å²) in [5.41, 5.74) is 1.80. The lowest BCUT2D eigenvalue weighted by Crippen LogP contribution is -2.39. The summed E-state index contributed by atoms with van der Waals surface area (Å²) in [7, 11) is 0. The fourth-order valence-electron chi connectivity index (χ4n) is 3.69. The van der Waals surface area contributed by atoms with Crippen LogP contribution in [0.25, 0.3) is 11.1 Å². The number of amides is 2. The second-order valence-electron chi connectivity index (χ2n) is 7.66. The summed E-state index contributed by atoms with van der Waals surface area (Å²) in [4.78, 5) is 38.4. The molecule has 1 aliphatic heterocycles. The number of H-pyrrole nitrogens is 1. The average Bonchev–Trinajstić information content (AvgIpc) is 3.16. The summed E-state index contributed by atoms with van der Waals surface area (Å²) in [5.74, 6) is 0. The maximum Gasteiger partial charge on any atom is 0.330 e. The smallest absolute Gasteiger partial charge is 0.330 e. The van der Waals surface area contributed by atoms with E-state index in [-0.39, 0.29) is 13.0 Å². The van der Waals surface area contributed by atoms with Crippen molar-refractivity contribution in [3.8, 4) is 11.1 Å². The highest BCUT2D eigenvalue weighted by Gasteiger charge is 2.35. The molecule has 9 heteroatoms. The van der Waals surface area contributed by atoms with Crippen LogP contribution in [0.1, 0.15) is 18.2 Å². The number of rotatable bonds is 5. The highest BCUT2D eigenvalue weighted by molar-refractivity contribution is 5.94. The van der Waals surface area contributed by atoms with Gasteiger partial charge in [-0.3, -0.25) is 14.3 Å². The minimum absolute atomic E-state index is 0.0497. The molecule has 32 heavy (non-hydrogen) atoms. The number of aromatic nitrogens is 2. The van der Waals surface area contributed by atoms with Crippen molar-refractivity contribution >= 4 is 11.7 Å². The number of hydrogen-bond donors (Lipinski definition) is 4. The topological polar surface area (TPSA) is 125 Å². The van der Waals surface area contributed by atoms with Gasteiger partial charge in [-0.2, -0.15) is 0 Å². The average molecular weight is 436 g/mol. The van der Waals surface area contributed by atoms with Crippen LogP contribution >= 0.6 is 0 Å². The number of aliphatic hydroxyl groups excluding tert-OH is 1. The Labute approximate surface area is 183 Å². The number of benzene rings is 2. The zero-order valence-electron chi connectivity index (χ0n) is 17.4. The van der Waals surface area contributed by atoms with Gasteiger partial charge in [-0.05, 0) is 18.6 Å². The van der Waals surface area contributed by atoms with Crippen molar-refractivity contribution in [3.05, 3.63) is 87.2 Å². The zero-order chi connectivity index (χ0) is 22.7. The predicted octanol–water partition coefficient (Wildman–Crippen LogP) is 1.98. The Bertz CT molecular complexity index is 1220. The summed E-state index contributed by atoms with van der Waals surface area (Å²) in [6, 6.07) is 16.7. The van der Waals surface area contributed by atoms with Crippen LogP contribution in [-0.4, -0.2) is 39.4 Å². The van der Waals surface area contributed by atoms with Gasteiger partial charge in [0.15, 0.2) is 0 Å². The number of anilines is 1. The summed E-state index contributed by atoms with van der Waals surface area (Å²) < 4.78 is 7.02. The quantitative estimate of drug-likeness (QED) is 0.487. The molecular formula is C23H24N4O5. The molecule has 3 atom stereocenters. The van der Waals surface area contributed by atoms with E-state index in [0.29, 0.717) is 11.3 Å². The number of urea groups is 1. The SMILES string of the molecule is Cc1cn([C@H]2C[C@H](O)[C@@H](CNC(=O)Nc3ccccc3-c3ccccc3)O2)c(=O)[nH]c1=O. The number of nitrogens with one attached hydrogen (secondary N) is 3.